The van der Waals surface area contributed by atoms with Gasteiger partial charge in [0.2, 0.25) is 5.91 Å². The summed E-state index contributed by atoms with van der Waals surface area (Å²) in [5.74, 6) is 0.0393. The van der Waals surface area contributed by atoms with Crippen LogP contribution in [0.25, 0.3) is 0 Å². The van der Waals surface area contributed by atoms with E-state index in [-0.39, 0.29) is 17.4 Å². The molecule has 1 atom stereocenters. The average Bonchev–Trinajstić information content (AvgIpc) is 1.98. The number of likely N-dealkylation sites (N-methyl/N-ethyl adjacent to an activating group) is 1. The van der Waals surface area contributed by atoms with Gasteiger partial charge in [0.25, 0.3) is 0 Å². The molecule has 0 aromatic carbocycles. The molecule has 3 heteroatoms. The maximum Gasteiger partial charge on any atom is 0.239 e. The first-order valence-electron chi connectivity index (χ1n) is 4.78. The van der Waals surface area contributed by atoms with E-state index in [1.807, 2.05) is 14.0 Å². The Balaban J connectivity index is 4.12. The second-order valence-electron chi connectivity index (χ2n) is 4.77. The van der Waals surface area contributed by atoms with Crippen LogP contribution in [-0.2, 0) is 4.79 Å². The summed E-state index contributed by atoms with van der Waals surface area (Å²) in [5.41, 5.74) is 5.78. The van der Waals surface area contributed by atoms with Crippen LogP contribution >= 0.6 is 0 Å². The van der Waals surface area contributed by atoms with Crippen molar-refractivity contribution < 1.29 is 4.79 Å². The summed E-state index contributed by atoms with van der Waals surface area (Å²) in [6, 6.07) is -0.340. The van der Waals surface area contributed by atoms with E-state index in [0.717, 1.165) is 6.54 Å². The standard InChI is InChI=1S/C10H22N2O/c1-6-8(11)9(13)12(5)7-10(2,3)4/h8H,6-7,11H2,1-5H3/t8-/m1/s1. The lowest BCUT2D eigenvalue weighted by molar-refractivity contribution is -0.132. The van der Waals surface area contributed by atoms with Crippen molar-refractivity contribution in [2.45, 2.75) is 40.2 Å². The molecule has 0 unspecified atom stereocenters. The van der Waals surface area contributed by atoms with Crippen molar-refractivity contribution in [3.05, 3.63) is 0 Å². The van der Waals surface area contributed by atoms with E-state index in [1.165, 1.54) is 0 Å². The summed E-state index contributed by atoms with van der Waals surface area (Å²) >= 11 is 0. The van der Waals surface area contributed by atoms with Crippen molar-refractivity contribution >= 4 is 5.91 Å². The maximum absolute atomic E-state index is 11.6. The maximum atomic E-state index is 11.6. The Bertz CT molecular complexity index is 172. The molecule has 0 aromatic rings. The second kappa shape index (κ2) is 4.61. The zero-order valence-electron chi connectivity index (χ0n) is 9.42. The van der Waals surface area contributed by atoms with Gasteiger partial charge in [0.05, 0.1) is 6.04 Å². The molecule has 0 aliphatic heterocycles. The molecule has 0 aliphatic rings. The van der Waals surface area contributed by atoms with Gasteiger partial charge in [0, 0.05) is 13.6 Å². The minimum absolute atomic E-state index is 0.0393. The quantitative estimate of drug-likeness (QED) is 0.720. The molecule has 0 fully saturated rings. The lowest BCUT2D eigenvalue weighted by atomic mass is 9.96. The molecule has 0 radical (unpaired) electrons. The third-order valence-corrected chi connectivity index (χ3v) is 1.84. The minimum Gasteiger partial charge on any atom is -0.344 e. The van der Waals surface area contributed by atoms with Gasteiger partial charge in [-0.25, -0.2) is 0 Å². The number of nitrogens with zero attached hydrogens (tertiary/aromatic N) is 1. The number of hydrogen-bond acceptors (Lipinski definition) is 2. The first kappa shape index (κ1) is 12.4. The number of hydrogen-bond donors (Lipinski definition) is 1. The Labute approximate surface area is 81.3 Å². The molecule has 0 rings (SSSR count). The van der Waals surface area contributed by atoms with E-state index >= 15 is 0 Å². The third kappa shape index (κ3) is 4.88. The lowest BCUT2D eigenvalue weighted by Crippen LogP contribution is -2.44. The van der Waals surface area contributed by atoms with E-state index < -0.39 is 0 Å². The van der Waals surface area contributed by atoms with E-state index in [9.17, 15) is 4.79 Å². The molecule has 3 nitrogen and oxygen atoms in total. The third-order valence-electron chi connectivity index (χ3n) is 1.84. The van der Waals surface area contributed by atoms with Crippen LogP contribution in [0, 0.1) is 5.41 Å². The van der Waals surface area contributed by atoms with Crippen LogP contribution in [0.3, 0.4) is 0 Å². The van der Waals surface area contributed by atoms with Crippen molar-refractivity contribution in [3.63, 3.8) is 0 Å². The fourth-order valence-corrected chi connectivity index (χ4v) is 1.25. The molecule has 0 heterocycles. The Morgan fingerprint density at radius 3 is 2.23 bits per heavy atom. The van der Waals surface area contributed by atoms with Gasteiger partial charge in [0.1, 0.15) is 0 Å². The van der Waals surface area contributed by atoms with Crippen molar-refractivity contribution in [2.24, 2.45) is 11.1 Å². The van der Waals surface area contributed by atoms with E-state index in [4.69, 9.17) is 5.73 Å². The zero-order chi connectivity index (χ0) is 10.6. The van der Waals surface area contributed by atoms with Gasteiger partial charge in [-0.05, 0) is 11.8 Å². The topological polar surface area (TPSA) is 46.3 Å². The van der Waals surface area contributed by atoms with Crippen LogP contribution in [-0.4, -0.2) is 30.4 Å². The molecule has 2 N–H and O–H groups in total. The highest BCUT2D eigenvalue weighted by atomic mass is 16.2. The van der Waals surface area contributed by atoms with E-state index in [1.54, 1.807) is 4.90 Å². The van der Waals surface area contributed by atoms with Gasteiger partial charge < -0.3 is 10.6 Å². The molecule has 0 aromatic heterocycles. The van der Waals surface area contributed by atoms with Crippen molar-refractivity contribution in [2.75, 3.05) is 13.6 Å². The van der Waals surface area contributed by atoms with Crippen LogP contribution in [0.2, 0.25) is 0 Å². The van der Waals surface area contributed by atoms with Crippen LogP contribution in [0.1, 0.15) is 34.1 Å². The van der Waals surface area contributed by atoms with Crippen molar-refractivity contribution in [1.29, 1.82) is 0 Å². The van der Waals surface area contributed by atoms with Crippen molar-refractivity contribution in [1.82, 2.24) is 4.90 Å². The summed E-state index contributed by atoms with van der Waals surface area (Å²) in [7, 11) is 1.81. The molecule has 78 valence electrons. The summed E-state index contributed by atoms with van der Waals surface area (Å²) in [6.45, 7) is 8.99. The largest absolute Gasteiger partial charge is 0.344 e. The molecular formula is C10H22N2O. The first-order chi connectivity index (χ1) is 5.78. The fraction of sp³-hybridized carbons (Fsp3) is 0.900. The minimum atomic E-state index is -0.340. The highest BCUT2D eigenvalue weighted by Gasteiger charge is 2.20. The van der Waals surface area contributed by atoms with Crippen LogP contribution in [0.4, 0.5) is 0 Å². The average molecular weight is 186 g/mol. The van der Waals surface area contributed by atoms with Crippen LogP contribution < -0.4 is 5.73 Å². The number of amides is 1. The Kier molecular flexibility index (Phi) is 4.40. The van der Waals surface area contributed by atoms with Crippen molar-refractivity contribution in [3.8, 4) is 0 Å². The van der Waals surface area contributed by atoms with Gasteiger partial charge in [-0.2, -0.15) is 0 Å². The second-order valence-corrected chi connectivity index (χ2v) is 4.77. The summed E-state index contributed by atoms with van der Waals surface area (Å²) in [4.78, 5) is 13.3. The monoisotopic (exact) mass is 186 g/mol. The lowest BCUT2D eigenvalue weighted by Gasteiger charge is -2.28. The zero-order valence-corrected chi connectivity index (χ0v) is 9.42. The molecule has 13 heavy (non-hydrogen) atoms. The number of rotatable bonds is 3. The molecule has 0 aliphatic carbocycles. The van der Waals surface area contributed by atoms with Gasteiger partial charge in [-0.1, -0.05) is 27.7 Å². The highest BCUT2D eigenvalue weighted by Crippen LogP contribution is 2.14. The van der Waals surface area contributed by atoms with E-state index in [2.05, 4.69) is 20.8 Å². The molecule has 0 saturated heterocycles. The Morgan fingerprint density at radius 1 is 1.46 bits per heavy atom. The number of nitrogens with two attached hydrogens (primary N) is 1. The van der Waals surface area contributed by atoms with Gasteiger partial charge in [-0.3, -0.25) is 4.79 Å². The molecular weight excluding hydrogens is 164 g/mol. The Morgan fingerprint density at radius 2 is 1.92 bits per heavy atom. The fourth-order valence-electron chi connectivity index (χ4n) is 1.25. The molecule has 0 bridgehead atoms. The smallest absolute Gasteiger partial charge is 0.239 e. The molecule has 0 saturated carbocycles. The SMILES string of the molecule is CC[C@@H](N)C(=O)N(C)CC(C)(C)C. The summed E-state index contributed by atoms with van der Waals surface area (Å²) < 4.78 is 0. The number of carbonyl (C=O) groups is 1. The summed E-state index contributed by atoms with van der Waals surface area (Å²) in [6.07, 6.45) is 0.702. The highest BCUT2D eigenvalue weighted by molar-refractivity contribution is 5.81. The predicted octanol–water partition coefficient (Wildman–Crippen LogP) is 1.23. The van der Waals surface area contributed by atoms with Gasteiger partial charge >= 0.3 is 0 Å². The predicted molar refractivity (Wildman–Crippen MR) is 55.4 cm³/mol. The normalized spacial score (nSPS) is 14.0. The van der Waals surface area contributed by atoms with Crippen LogP contribution in [0.5, 0.6) is 0 Å². The first-order valence-corrected chi connectivity index (χ1v) is 4.78. The van der Waals surface area contributed by atoms with Gasteiger partial charge in [0.15, 0.2) is 0 Å². The Hall–Kier alpha value is -0.570. The molecule has 1 amide bonds. The molecule has 0 spiro atoms. The number of carbonyl (C=O) groups excluding carboxylic acids is 1. The van der Waals surface area contributed by atoms with Gasteiger partial charge in [-0.15, -0.1) is 0 Å². The van der Waals surface area contributed by atoms with E-state index in [0.29, 0.717) is 6.42 Å². The summed E-state index contributed by atoms with van der Waals surface area (Å²) in [5, 5.41) is 0. The van der Waals surface area contributed by atoms with Crippen LogP contribution in [0.15, 0.2) is 0 Å².